The molecule has 2 aromatic rings. The maximum Gasteiger partial charge on any atom is 0.257 e. The van der Waals surface area contributed by atoms with Gasteiger partial charge in [0.1, 0.15) is 6.26 Å². The Balaban J connectivity index is 1.42. The van der Waals surface area contributed by atoms with Crippen LogP contribution in [0.3, 0.4) is 0 Å². The number of carbonyl (C=O) groups excluding carboxylic acids is 1. The van der Waals surface area contributed by atoms with Gasteiger partial charge in [0, 0.05) is 32.4 Å². The molecule has 0 aliphatic carbocycles. The first-order valence-electron chi connectivity index (χ1n) is 8.72. The molecule has 2 aliphatic heterocycles. The zero-order valence-electron chi connectivity index (χ0n) is 13.9. The molecule has 4 heterocycles. The zero-order chi connectivity index (χ0) is 16.4. The van der Waals surface area contributed by atoms with Crippen molar-refractivity contribution in [3.05, 3.63) is 48.7 Å². The summed E-state index contributed by atoms with van der Waals surface area (Å²) in [4.78, 5) is 21.3. The smallest absolute Gasteiger partial charge is 0.257 e. The molecule has 1 spiro atoms. The molecular weight excluding hydrogens is 302 g/mol. The summed E-state index contributed by atoms with van der Waals surface area (Å²) in [5, 5.41) is 0. The van der Waals surface area contributed by atoms with E-state index in [0.29, 0.717) is 5.56 Å². The summed E-state index contributed by atoms with van der Waals surface area (Å²) < 4.78 is 5.07. The zero-order valence-corrected chi connectivity index (χ0v) is 13.9. The van der Waals surface area contributed by atoms with E-state index in [1.54, 1.807) is 18.6 Å². The SMILES string of the molecule is O=C(c1ccoc1)N1CCCC2(CCN(c3cccnc3)CC2)C1. The minimum atomic E-state index is 0.109. The van der Waals surface area contributed by atoms with Gasteiger partial charge in [0.05, 0.1) is 23.7 Å². The molecule has 0 aromatic carbocycles. The van der Waals surface area contributed by atoms with E-state index in [9.17, 15) is 4.79 Å². The minimum Gasteiger partial charge on any atom is -0.472 e. The van der Waals surface area contributed by atoms with Gasteiger partial charge in [0.25, 0.3) is 5.91 Å². The molecule has 2 aliphatic rings. The minimum absolute atomic E-state index is 0.109. The van der Waals surface area contributed by atoms with Crippen molar-refractivity contribution in [2.45, 2.75) is 25.7 Å². The van der Waals surface area contributed by atoms with Gasteiger partial charge in [-0.3, -0.25) is 9.78 Å². The van der Waals surface area contributed by atoms with Crippen molar-refractivity contribution in [2.75, 3.05) is 31.1 Å². The molecule has 2 fully saturated rings. The second-order valence-electron chi connectivity index (χ2n) is 7.04. The van der Waals surface area contributed by atoms with Crippen LogP contribution in [0.1, 0.15) is 36.0 Å². The highest BCUT2D eigenvalue weighted by Gasteiger charge is 2.40. The monoisotopic (exact) mass is 325 g/mol. The first kappa shape index (κ1) is 15.2. The van der Waals surface area contributed by atoms with Gasteiger partial charge < -0.3 is 14.2 Å². The number of likely N-dealkylation sites (tertiary alicyclic amines) is 1. The Morgan fingerprint density at radius 1 is 1.17 bits per heavy atom. The fourth-order valence-electron chi connectivity index (χ4n) is 4.14. The van der Waals surface area contributed by atoms with Gasteiger partial charge >= 0.3 is 0 Å². The molecule has 4 rings (SSSR count). The number of furan rings is 1. The Labute approximate surface area is 142 Å². The summed E-state index contributed by atoms with van der Waals surface area (Å²) in [5.41, 5.74) is 2.14. The second kappa shape index (κ2) is 6.30. The summed E-state index contributed by atoms with van der Waals surface area (Å²) in [6.45, 7) is 3.81. The van der Waals surface area contributed by atoms with E-state index >= 15 is 0 Å². The molecule has 1 amide bonds. The lowest BCUT2D eigenvalue weighted by atomic mass is 9.72. The summed E-state index contributed by atoms with van der Waals surface area (Å²) in [6.07, 6.45) is 11.5. The van der Waals surface area contributed by atoms with Crippen LogP contribution < -0.4 is 4.90 Å². The molecule has 0 saturated carbocycles. The molecule has 0 atom stereocenters. The lowest BCUT2D eigenvalue weighted by molar-refractivity contribution is 0.0434. The Hall–Kier alpha value is -2.30. The Morgan fingerprint density at radius 2 is 2.04 bits per heavy atom. The summed E-state index contributed by atoms with van der Waals surface area (Å²) in [5.74, 6) is 0.109. The first-order valence-corrected chi connectivity index (χ1v) is 8.72. The summed E-state index contributed by atoms with van der Waals surface area (Å²) in [7, 11) is 0. The molecule has 0 bridgehead atoms. The van der Waals surface area contributed by atoms with Crippen LogP contribution in [0.2, 0.25) is 0 Å². The van der Waals surface area contributed by atoms with E-state index in [4.69, 9.17) is 4.42 Å². The van der Waals surface area contributed by atoms with E-state index in [2.05, 4.69) is 16.0 Å². The number of rotatable bonds is 2. The largest absolute Gasteiger partial charge is 0.472 e. The molecule has 2 saturated heterocycles. The summed E-state index contributed by atoms with van der Waals surface area (Å²) in [6, 6.07) is 5.88. The maximum atomic E-state index is 12.6. The van der Waals surface area contributed by atoms with Crippen molar-refractivity contribution in [3.8, 4) is 0 Å². The van der Waals surface area contributed by atoms with Crippen LogP contribution >= 0.6 is 0 Å². The van der Waals surface area contributed by atoms with Crippen LogP contribution in [-0.2, 0) is 0 Å². The van der Waals surface area contributed by atoms with E-state index in [1.807, 2.05) is 23.4 Å². The van der Waals surface area contributed by atoms with Crippen molar-refractivity contribution in [1.29, 1.82) is 0 Å². The third-order valence-corrected chi connectivity index (χ3v) is 5.55. The molecule has 0 unspecified atom stereocenters. The molecule has 0 radical (unpaired) electrons. The van der Waals surface area contributed by atoms with Crippen LogP contribution in [0, 0.1) is 5.41 Å². The predicted octanol–water partition coefficient (Wildman–Crippen LogP) is 3.20. The van der Waals surface area contributed by atoms with Gasteiger partial charge in [0.15, 0.2) is 0 Å². The van der Waals surface area contributed by atoms with Gasteiger partial charge in [0.2, 0.25) is 0 Å². The number of amides is 1. The van der Waals surface area contributed by atoms with E-state index in [-0.39, 0.29) is 11.3 Å². The third kappa shape index (κ3) is 2.90. The number of carbonyl (C=O) groups is 1. The van der Waals surface area contributed by atoms with Gasteiger partial charge in [-0.05, 0) is 49.3 Å². The van der Waals surface area contributed by atoms with Crippen molar-refractivity contribution >= 4 is 11.6 Å². The lowest BCUT2D eigenvalue weighted by Gasteiger charge is -2.48. The lowest BCUT2D eigenvalue weighted by Crippen LogP contribution is -2.51. The number of pyridine rings is 1. The number of anilines is 1. The second-order valence-corrected chi connectivity index (χ2v) is 7.04. The Kier molecular flexibility index (Phi) is 4.00. The fraction of sp³-hybridized carbons (Fsp3) is 0.474. The standard InChI is InChI=1S/C19H23N3O2/c23-18(16-4-12-24-14-16)22-9-2-5-19(15-22)6-10-21(11-7-19)17-3-1-8-20-13-17/h1,3-4,8,12-14H,2,5-7,9-11,15H2. The van der Waals surface area contributed by atoms with Crippen LogP contribution in [0.25, 0.3) is 0 Å². The van der Waals surface area contributed by atoms with E-state index in [0.717, 1.165) is 45.4 Å². The predicted molar refractivity (Wildman–Crippen MR) is 92.0 cm³/mol. The Morgan fingerprint density at radius 3 is 2.75 bits per heavy atom. The van der Waals surface area contributed by atoms with Crippen molar-refractivity contribution in [3.63, 3.8) is 0 Å². The average Bonchev–Trinajstić information content (AvgIpc) is 3.17. The van der Waals surface area contributed by atoms with Crippen LogP contribution in [-0.4, -0.2) is 42.0 Å². The topological polar surface area (TPSA) is 49.6 Å². The quantitative estimate of drug-likeness (QED) is 0.851. The van der Waals surface area contributed by atoms with Crippen LogP contribution in [0.15, 0.2) is 47.5 Å². The van der Waals surface area contributed by atoms with Gasteiger partial charge in [-0.1, -0.05) is 0 Å². The van der Waals surface area contributed by atoms with Crippen molar-refractivity contribution < 1.29 is 9.21 Å². The fourth-order valence-corrected chi connectivity index (χ4v) is 4.14. The van der Waals surface area contributed by atoms with Gasteiger partial charge in [-0.15, -0.1) is 0 Å². The number of hydrogen-bond donors (Lipinski definition) is 0. The third-order valence-electron chi connectivity index (χ3n) is 5.55. The first-order chi connectivity index (χ1) is 11.8. The van der Waals surface area contributed by atoms with Crippen molar-refractivity contribution in [2.24, 2.45) is 5.41 Å². The van der Waals surface area contributed by atoms with Crippen LogP contribution in [0.5, 0.6) is 0 Å². The maximum absolute atomic E-state index is 12.6. The number of aromatic nitrogens is 1. The van der Waals surface area contributed by atoms with Crippen LogP contribution in [0.4, 0.5) is 5.69 Å². The number of piperidine rings is 2. The van der Waals surface area contributed by atoms with Crippen molar-refractivity contribution in [1.82, 2.24) is 9.88 Å². The van der Waals surface area contributed by atoms with E-state index < -0.39 is 0 Å². The molecule has 126 valence electrons. The number of hydrogen-bond acceptors (Lipinski definition) is 4. The molecular formula is C19H23N3O2. The molecule has 5 heteroatoms. The average molecular weight is 325 g/mol. The molecule has 0 N–H and O–H groups in total. The summed E-state index contributed by atoms with van der Waals surface area (Å²) >= 11 is 0. The highest BCUT2D eigenvalue weighted by molar-refractivity contribution is 5.93. The molecule has 24 heavy (non-hydrogen) atoms. The van der Waals surface area contributed by atoms with E-state index in [1.165, 1.54) is 12.1 Å². The highest BCUT2D eigenvalue weighted by atomic mass is 16.3. The Bertz CT molecular complexity index is 676. The van der Waals surface area contributed by atoms with Gasteiger partial charge in [-0.2, -0.15) is 0 Å². The molecule has 2 aromatic heterocycles. The highest BCUT2D eigenvalue weighted by Crippen LogP contribution is 2.41. The normalized spacial score (nSPS) is 20.3. The molecule has 5 nitrogen and oxygen atoms in total. The van der Waals surface area contributed by atoms with Gasteiger partial charge in [-0.25, -0.2) is 0 Å². The number of nitrogens with zero attached hydrogens (tertiary/aromatic N) is 3.